The van der Waals surface area contributed by atoms with Gasteiger partial charge >= 0.3 is 0 Å². The van der Waals surface area contributed by atoms with Gasteiger partial charge in [0.05, 0.1) is 0 Å². The van der Waals surface area contributed by atoms with E-state index >= 15 is 0 Å². The number of aryl methyl sites for hydroxylation is 1. The minimum absolute atomic E-state index is 0.0918. The summed E-state index contributed by atoms with van der Waals surface area (Å²) >= 11 is 3.59. The predicted molar refractivity (Wildman–Crippen MR) is 116 cm³/mol. The SMILES string of the molecule is CCCCn1c2ccc(Br)cc2c2cc(NC(=O)c3ccccc3)ccc21. The summed E-state index contributed by atoms with van der Waals surface area (Å²) in [6.45, 7) is 3.20. The van der Waals surface area contributed by atoms with E-state index in [9.17, 15) is 4.79 Å². The maximum atomic E-state index is 12.5. The molecule has 0 aliphatic rings. The van der Waals surface area contributed by atoms with Crippen LogP contribution in [0.25, 0.3) is 21.8 Å². The van der Waals surface area contributed by atoms with Crippen molar-refractivity contribution in [1.29, 1.82) is 0 Å². The monoisotopic (exact) mass is 420 g/mol. The first-order valence-corrected chi connectivity index (χ1v) is 10.0. The van der Waals surface area contributed by atoms with E-state index in [-0.39, 0.29) is 5.91 Å². The molecule has 4 rings (SSSR count). The van der Waals surface area contributed by atoms with Gasteiger partial charge in [-0.15, -0.1) is 0 Å². The summed E-state index contributed by atoms with van der Waals surface area (Å²) in [5.41, 5.74) is 3.90. The van der Waals surface area contributed by atoms with Gasteiger partial charge in [0.1, 0.15) is 0 Å². The van der Waals surface area contributed by atoms with Crippen LogP contribution in [0.15, 0.2) is 71.2 Å². The maximum absolute atomic E-state index is 12.5. The van der Waals surface area contributed by atoms with Crippen LogP contribution in [0.4, 0.5) is 5.69 Å². The fraction of sp³-hybridized carbons (Fsp3) is 0.174. The van der Waals surface area contributed by atoms with E-state index in [1.165, 1.54) is 16.4 Å². The lowest BCUT2D eigenvalue weighted by Gasteiger charge is -2.08. The lowest BCUT2D eigenvalue weighted by atomic mass is 10.1. The Bertz CT molecular complexity index is 1120. The number of aromatic nitrogens is 1. The molecule has 1 aromatic heterocycles. The molecule has 0 saturated carbocycles. The molecule has 1 heterocycles. The van der Waals surface area contributed by atoms with Gasteiger partial charge in [0, 0.05) is 44.1 Å². The summed E-state index contributed by atoms with van der Waals surface area (Å²) in [4.78, 5) is 12.5. The fourth-order valence-electron chi connectivity index (χ4n) is 3.50. The lowest BCUT2D eigenvalue weighted by Crippen LogP contribution is -2.11. The molecule has 0 unspecified atom stereocenters. The first-order valence-electron chi connectivity index (χ1n) is 9.25. The number of halogens is 1. The molecule has 3 aromatic carbocycles. The number of hydrogen-bond acceptors (Lipinski definition) is 1. The first-order chi connectivity index (χ1) is 13.2. The number of rotatable bonds is 5. The lowest BCUT2D eigenvalue weighted by molar-refractivity contribution is 0.102. The van der Waals surface area contributed by atoms with E-state index in [0.29, 0.717) is 5.56 Å². The summed E-state index contributed by atoms with van der Waals surface area (Å²) in [6, 6.07) is 21.9. The molecule has 1 amide bonds. The zero-order valence-corrected chi connectivity index (χ0v) is 16.8. The molecule has 0 aliphatic carbocycles. The van der Waals surface area contributed by atoms with Crippen LogP contribution in [0.2, 0.25) is 0 Å². The number of benzene rings is 3. The molecule has 27 heavy (non-hydrogen) atoms. The Morgan fingerprint density at radius 1 is 0.963 bits per heavy atom. The second-order valence-electron chi connectivity index (χ2n) is 6.72. The molecule has 0 spiro atoms. The van der Waals surface area contributed by atoms with Crippen LogP contribution in [0.3, 0.4) is 0 Å². The van der Waals surface area contributed by atoms with Gasteiger partial charge in [0.2, 0.25) is 0 Å². The third kappa shape index (κ3) is 3.50. The summed E-state index contributed by atoms with van der Waals surface area (Å²) in [5.74, 6) is -0.0918. The third-order valence-electron chi connectivity index (χ3n) is 4.86. The highest BCUT2D eigenvalue weighted by atomic mass is 79.9. The number of amides is 1. The molecule has 0 fully saturated rings. The zero-order valence-electron chi connectivity index (χ0n) is 15.2. The molecule has 136 valence electrons. The number of carbonyl (C=O) groups excluding carboxylic acids is 1. The van der Waals surface area contributed by atoms with E-state index in [1.54, 1.807) is 0 Å². The Balaban J connectivity index is 1.78. The molecule has 3 nitrogen and oxygen atoms in total. The van der Waals surface area contributed by atoms with Gasteiger partial charge < -0.3 is 9.88 Å². The highest BCUT2D eigenvalue weighted by molar-refractivity contribution is 9.10. The van der Waals surface area contributed by atoms with Crippen molar-refractivity contribution in [1.82, 2.24) is 4.57 Å². The van der Waals surface area contributed by atoms with Gasteiger partial charge in [0.25, 0.3) is 5.91 Å². The minimum Gasteiger partial charge on any atom is -0.340 e. The molecule has 0 saturated heterocycles. The van der Waals surface area contributed by atoms with E-state index in [2.05, 4.69) is 63.1 Å². The average Bonchev–Trinajstić information content (AvgIpc) is 2.99. The van der Waals surface area contributed by atoms with Crippen molar-refractivity contribution >= 4 is 49.3 Å². The molecular formula is C23H21BrN2O. The Morgan fingerprint density at radius 3 is 2.41 bits per heavy atom. The van der Waals surface area contributed by atoms with Crippen LogP contribution >= 0.6 is 15.9 Å². The molecular weight excluding hydrogens is 400 g/mol. The highest BCUT2D eigenvalue weighted by Crippen LogP contribution is 2.33. The second-order valence-corrected chi connectivity index (χ2v) is 7.63. The number of unbranched alkanes of at least 4 members (excludes halogenated alkanes) is 1. The predicted octanol–water partition coefficient (Wildman–Crippen LogP) is 6.61. The molecule has 0 bridgehead atoms. The topological polar surface area (TPSA) is 34.0 Å². The molecule has 4 heteroatoms. The van der Waals surface area contributed by atoms with Crippen LogP contribution in [0.5, 0.6) is 0 Å². The van der Waals surface area contributed by atoms with Crippen molar-refractivity contribution in [3.63, 3.8) is 0 Å². The second kappa shape index (κ2) is 7.57. The number of hydrogen-bond donors (Lipinski definition) is 1. The first kappa shape index (κ1) is 17.8. The molecule has 1 N–H and O–H groups in total. The Kier molecular flexibility index (Phi) is 4.99. The van der Waals surface area contributed by atoms with Gasteiger partial charge in [0.15, 0.2) is 0 Å². The summed E-state index contributed by atoms with van der Waals surface area (Å²) in [6.07, 6.45) is 2.30. The molecule has 0 radical (unpaired) electrons. The number of nitrogens with one attached hydrogen (secondary N) is 1. The van der Waals surface area contributed by atoms with Gasteiger partial charge in [-0.1, -0.05) is 47.5 Å². The zero-order chi connectivity index (χ0) is 18.8. The average molecular weight is 421 g/mol. The normalized spacial score (nSPS) is 11.2. The van der Waals surface area contributed by atoms with Gasteiger partial charge in [-0.3, -0.25) is 4.79 Å². The smallest absolute Gasteiger partial charge is 0.255 e. The number of anilines is 1. The van der Waals surface area contributed by atoms with Crippen LogP contribution < -0.4 is 5.32 Å². The molecule has 0 aliphatic heterocycles. The number of fused-ring (bicyclic) bond motifs is 3. The van der Waals surface area contributed by atoms with Crippen molar-refractivity contribution in [3.05, 3.63) is 76.8 Å². The van der Waals surface area contributed by atoms with E-state index < -0.39 is 0 Å². The van der Waals surface area contributed by atoms with Gasteiger partial charge in [-0.25, -0.2) is 0 Å². The van der Waals surface area contributed by atoms with Crippen molar-refractivity contribution < 1.29 is 4.79 Å². The van der Waals surface area contributed by atoms with E-state index in [4.69, 9.17) is 0 Å². The van der Waals surface area contributed by atoms with Crippen molar-refractivity contribution in [2.45, 2.75) is 26.3 Å². The van der Waals surface area contributed by atoms with Crippen LogP contribution in [0, 0.1) is 0 Å². The highest BCUT2D eigenvalue weighted by Gasteiger charge is 2.13. The van der Waals surface area contributed by atoms with Crippen molar-refractivity contribution in [2.24, 2.45) is 0 Å². The Hall–Kier alpha value is -2.59. The number of nitrogens with zero attached hydrogens (tertiary/aromatic N) is 1. The van der Waals surface area contributed by atoms with Crippen LogP contribution in [-0.4, -0.2) is 10.5 Å². The van der Waals surface area contributed by atoms with Crippen molar-refractivity contribution in [3.8, 4) is 0 Å². The quantitative estimate of drug-likeness (QED) is 0.387. The fourth-order valence-corrected chi connectivity index (χ4v) is 3.87. The standard InChI is InChI=1S/C23H21BrN2O/c1-2-3-13-26-21-11-9-17(24)14-19(21)20-15-18(10-12-22(20)26)25-23(27)16-7-5-4-6-8-16/h4-12,14-15H,2-3,13H2,1H3,(H,25,27). The Morgan fingerprint density at radius 2 is 1.67 bits per heavy atom. The van der Waals surface area contributed by atoms with Crippen molar-refractivity contribution in [2.75, 3.05) is 5.32 Å². The third-order valence-corrected chi connectivity index (χ3v) is 5.35. The summed E-state index contributed by atoms with van der Waals surface area (Å²) < 4.78 is 3.44. The summed E-state index contributed by atoms with van der Waals surface area (Å²) in [7, 11) is 0. The van der Waals surface area contributed by atoms with E-state index in [0.717, 1.165) is 34.9 Å². The largest absolute Gasteiger partial charge is 0.340 e. The number of carbonyl (C=O) groups is 1. The van der Waals surface area contributed by atoms with Gasteiger partial charge in [-0.2, -0.15) is 0 Å². The van der Waals surface area contributed by atoms with E-state index in [1.807, 2.05) is 36.4 Å². The molecule has 0 atom stereocenters. The molecule has 4 aromatic rings. The van der Waals surface area contributed by atoms with Crippen LogP contribution in [-0.2, 0) is 6.54 Å². The van der Waals surface area contributed by atoms with Crippen LogP contribution in [0.1, 0.15) is 30.1 Å². The summed E-state index contributed by atoms with van der Waals surface area (Å²) in [5, 5.41) is 5.38. The Labute approximate surface area is 167 Å². The maximum Gasteiger partial charge on any atom is 0.255 e. The minimum atomic E-state index is -0.0918. The van der Waals surface area contributed by atoms with Gasteiger partial charge in [-0.05, 0) is 55.0 Å².